The molecule has 0 aromatic heterocycles. The number of hydrogen-bond acceptors (Lipinski definition) is 2. The molecule has 3 heteroatoms. The van der Waals surface area contributed by atoms with Gasteiger partial charge in [0, 0.05) is 18.3 Å². The Morgan fingerprint density at radius 2 is 1.83 bits per heavy atom. The molecule has 0 radical (unpaired) electrons. The Hall–Kier alpha value is -2.03. The number of allylic oxidation sites excluding steroid dienone is 2. The maximum Gasteiger partial charge on any atom is 0.417 e. The van der Waals surface area contributed by atoms with E-state index < -0.39 is 0 Å². The molecule has 0 atom stereocenters. The molecule has 1 amide bonds. The van der Waals surface area contributed by atoms with Crippen LogP contribution in [0.2, 0.25) is 0 Å². The number of ether oxygens (including phenoxy) is 1. The first-order chi connectivity index (χ1) is 8.69. The summed E-state index contributed by atoms with van der Waals surface area (Å²) in [7, 11) is 1.38. The summed E-state index contributed by atoms with van der Waals surface area (Å²) in [5.41, 5.74) is 2.57. The first-order valence-corrected chi connectivity index (χ1v) is 5.97. The molecule has 1 aliphatic rings. The van der Waals surface area contributed by atoms with Crippen LogP contribution in [0.3, 0.4) is 0 Å². The standard InChI is InChI=1S/C15H17NO2/c1-12-3-5-13(6-4-12)11-14-7-9-16(10-8-14)15(17)18-2/h3-10,14H,11H2,1-2H3. The number of carbonyl (C=O) groups excluding carboxylic acids is 1. The Morgan fingerprint density at radius 1 is 1.22 bits per heavy atom. The maximum absolute atomic E-state index is 11.3. The van der Waals surface area contributed by atoms with Crippen molar-refractivity contribution in [2.24, 2.45) is 5.92 Å². The van der Waals surface area contributed by atoms with E-state index in [-0.39, 0.29) is 6.09 Å². The van der Waals surface area contributed by atoms with Crippen molar-refractivity contribution < 1.29 is 9.53 Å². The van der Waals surface area contributed by atoms with E-state index in [0.717, 1.165) is 6.42 Å². The van der Waals surface area contributed by atoms with Crippen molar-refractivity contribution in [2.75, 3.05) is 7.11 Å². The van der Waals surface area contributed by atoms with Crippen LogP contribution in [-0.2, 0) is 11.2 Å². The molecule has 0 fully saturated rings. The van der Waals surface area contributed by atoms with Gasteiger partial charge in [0.25, 0.3) is 0 Å². The minimum atomic E-state index is -0.365. The van der Waals surface area contributed by atoms with Crippen LogP contribution < -0.4 is 0 Å². The van der Waals surface area contributed by atoms with Crippen molar-refractivity contribution in [3.63, 3.8) is 0 Å². The second-order valence-corrected chi connectivity index (χ2v) is 4.41. The molecule has 94 valence electrons. The predicted octanol–water partition coefficient (Wildman–Crippen LogP) is 3.26. The highest BCUT2D eigenvalue weighted by atomic mass is 16.5. The van der Waals surface area contributed by atoms with E-state index in [4.69, 9.17) is 0 Å². The third-order valence-corrected chi connectivity index (χ3v) is 2.97. The molecule has 2 rings (SSSR count). The summed E-state index contributed by atoms with van der Waals surface area (Å²) in [5, 5.41) is 0. The third-order valence-electron chi connectivity index (χ3n) is 2.97. The molecule has 18 heavy (non-hydrogen) atoms. The molecule has 0 saturated carbocycles. The molecular weight excluding hydrogens is 226 g/mol. The van der Waals surface area contributed by atoms with Crippen LogP contribution in [0.25, 0.3) is 0 Å². The van der Waals surface area contributed by atoms with Crippen LogP contribution in [-0.4, -0.2) is 18.1 Å². The van der Waals surface area contributed by atoms with Gasteiger partial charge in [0.15, 0.2) is 0 Å². The van der Waals surface area contributed by atoms with Gasteiger partial charge in [-0.15, -0.1) is 0 Å². The van der Waals surface area contributed by atoms with Gasteiger partial charge in [-0.1, -0.05) is 42.0 Å². The van der Waals surface area contributed by atoms with Gasteiger partial charge >= 0.3 is 6.09 Å². The van der Waals surface area contributed by atoms with Crippen molar-refractivity contribution in [3.8, 4) is 0 Å². The van der Waals surface area contributed by atoms with Crippen LogP contribution in [0.15, 0.2) is 48.8 Å². The molecule has 0 spiro atoms. The molecule has 0 saturated heterocycles. The molecule has 1 aromatic rings. The van der Waals surface area contributed by atoms with Gasteiger partial charge in [0.05, 0.1) is 7.11 Å². The van der Waals surface area contributed by atoms with Gasteiger partial charge in [0.2, 0.25) is 0 Å². The van der Waals surface area contributed by atoms with E-state index >= 15 is 0 Å². The van der Waals surface area contributed by atoms with Gasteiger partial charge in [-0.3, -0.25) is 4.90 Å². The molecule has 0 unspecified atom stereocenters. The van der Waals surface area contributed by atoms with Crippen LogP contribution in [0, 0.1) is 12.8 Å². The lowest BCUT2D eigenvalue weighted by atomic mass is 9.97. The third kappa shape index (κ3) is 3.00. The van der Waals surface area contributed by atoms with Crippen LogP contribution in [0.5, 0.6) is 0 Å². The molecule has 1 aromatic carbocycles. The summed E-state index contributed by atoms with van der Waals surface area (Å²) >= 11 is 0. The highest BCUT2D eigenvalue weighted by molar-refractivity contribution is 5.70. The second-order valence-electron chi connectivity index (χ2n) is 4.41. The number of amides is 1. The number of aryl methyl sites for hydroxylation is 1. The quantitative estimate of drug-likeness (QED) is 0.798. The molecule has 1 aliphatic heterocycles. The molecular formula is C15H17NO2. The van der Waals surface area contributed by atoms with Crippen molar-refractivity contribution >= 4 is 6.09 Å². The van der Waals surface area contributed by atoms with Gasteiger partial charge in [-0.05, 0) is 18.9 Å². The van der Waals surface area contributed by atoms with Crippen LogP contribution >= 0.6 is 0 Å². The van der Waals surface area contributed by atoms with Gasteiger partial charge < -0.3 is 4.74 Å². The number of methoxy groups -OCH3 is 1. The van der Waals surface area contributed by atoms with Gasteiger partial charge in [-0.2, -0.15) is 0 Å². The van der Waals surface area contributed by atoms with Crippen molar-refractivity contribution in [1.29, 1.82) is 0 Å². The zero-order valence-electron chi connectivity index (χ0n) is 10.7. The largest absolute Gasteiger partial charge is 0.452 e. The second kappa shape index (κ2) is 5.54. The fourth-order valence-electron chi connectivity index (χ4n) is 1.88. The van der Waals surface area contributed by atoms with Crippen molar-refractivity contribution in [3.05, 3.63) is 59.9 Å². The van der Waals surface area contributed by atoms with Gasteiger partial charge in [0.1, 0.15) is 0 Å². The fraction of sp³-hybridized carbons (Fsp3) is 0.267. The zero-order chi connectivity index (χ0) is 13.0. The first kappa shape index (κ1) is 12.4. The number of rotatable bonds is 2. The monoisotopic (exact) mass is 243 g/mol. The van der Waals surface area contributed by atoms with E-state index in [1.807, 2.05) is 12.2 Å². The molecule has 0 N–H and O–H groups in total. The van der Waals surface area contributed by atoms with E-state index in [0.29, 0.717) is 5.92 Å². The SMILES string of the molecule is COC(=O)N1C=CC(Cc2ccc(C)cc2)C=C1. The van der Waals surface area contributed by atoms with Gasteiger partial charge in [-0.25, -0.2) is 4.79 Å². The average molecular weight is 243 g/mol. The van der Waals surface area contributed by atoms with Crippen molar-refractivity contribution in [1.82, 2.24) is 4.90 Å². The molecule has 0 bridgehead atoms. The molecule has 3 nitrogen and oxygen atoms in total. The topological polar surface area (TPSA) is 29.5 Å². The Bertz CT molecular complexity index is 460. The highest BCUT2D eigenvalue weighted by Crippen LogP contribution is 2.17. The van der Waals surface area contributed by atoms with Crippen LogP contribution in [0.4, 0.5) is 4.79 Å². The summed E-state index contributed by atoms with van der Waals surface area (Å²) < 4.78 is 4.64. The number of benzene rings is 1. The summed E-state index contributed by atoms with van der Waals surface area (Å²) in [6.45, 7) is 2.08. The Labute approximate surface area is 107 Å². The summed E-state index contributed by atoms with van der Waals surface area (Å²) in [6.07, 6.45) is 8.11. The number of hydrogen-bond donors (Lipinski definition) is 0. The Morgan fingerprint density at radius 3 is 2.39 bits per heavy atom. The average Bonchev–Trinajstić information content (AvgIpc) is 2.41. The molecule has 1 heterocycles. The minimum Gasteiger partial charge on any atom is -0.452 e. The minimum absolute atomic E-state index is 0.327. The van der Waals surface area contributed by atoms with E-state index in [9.17, 15) is 4.79 Å². The number of carbonyl (C=O) groups is 1. The zero-order valence-corrected chi connectivity index (χ0v) is 10.7. The van der Waals surface area contributed by atoms with Crippen molar-refractivity contribution in [2.45, 2.75) is 13.3 Å². The number of nitrogens with zero attached hydrogens (tertiary/aromatic N) is 1. The Balaban J connectivity index is 1.96. The lowest BCUT2D eigenvalue weighted by Crippen LogP contribution is -2.22. The summed E-state index contributed by atoms with van der Waals surface area (Å²) in [6, 6.07) is 8.52. The predicted molar refractivity (Wildman–Crippen MR) is 70.9 cm³/mol. The maximum atomic E-state index is 11.3. The summed E-state index contributed by atoms with van der Waals surface area (Å²) in [5.74, 6) is 0.327. The lowest BCUT2D eigenvalue weighted by Gasteiger charge is -2.18. The lowest BCUT2D eigenvalue weighted by molar-refractivity contribution is 0.151. The summed E-state index contributed by atoms with van der Waals surface area (Å²) in [4.78, 5) is 12.7. The fourth-order valence-corrected chi connectivity index (χ4v) is 1.88. The normalized spacial score (nSPS) is 14.9. The highest BCUT2D eigenvalue weighted by Gasteiger charge is 2.13. The van der Waals surface area contributed by atoms with E-state index in [1.54, 1.807) is 12.4 Å². The van der Waals surface area contributed by atoms with E-state index in [2.05, 4.69) is 35.9 Å². The van der Waals surface area contributed by atoms with E-state index in [1.165, 1.54) is 23.1 Å². The van der Waals surface area contributed by atoms with Crippen LogP contribution in [0.1, 0.15) is 11.1 Å². The molecule has 0 aliphatic carbocycles. The smallest absolute Gasteiger partial charge is 0.417 e. The first-order valence-electron chi connectivity index (χ1n) is 5.97. The Kier molecular flexibility index (Phi) is 3.82.